The molecule has 4 N–H and O–H groups in total. The predicted octanol–water partition coefficient (Wildman–Crippen LogP) is 26.7. The van der Waals surface area contributed by atoms with Crippen molar-refractivity contribution in [1.82, 2.24) is 0 Å². The Bertz CT molecular complexity index is 2830. The van der Waals surface area contributed by atoms with Crippen molar-refractivity contribution in [2.24, 2.45) is 0 Å². The zero-order chi connectivity index (χ0) is 82.2. The molecule has 113 heavy (non-hydrogen) atoms. The van der Waals surface area contributed by atoms with Gasteiger partial charge in [-0.15, -0.1) is 0 Å². The average molecular weight is 1620 g/mol. The number of carbonyl (C=O) groups excluding carboxylic acids is 3. The van der Waals surface area contributed by atoms with E-state index in [0.717, 1.165) is 167 Å². The molecule has 0 bridgehead atoms. The van der Waals surface area contributed by atoms with Gasteiger partial charge in [-0.05, 0) is 154 Å². The van der Waals surface area contributed by atoms with Crippen molar-refractivity contribution in [2.45, 2.75) is 347 Å². The molecule has 0 rings (SSSR count). The summed E-state index contributed by atoms with van der Waals surface area (Å²) in [5.41, 5.74) is 0. The van der Waals surface area contributed by atoms with Gasteiger partial charge in [-0.2, -0.15) is 0 Å². The van der Waals surface area contributed by atoms with Crippen LogP contribution in [0.25, 0.3) is 0 Å². The van der Waals surface area contributed by atoms with Crippen molar-refractivity contribution in [3.63, 3.8) is 0 Å². The van der Waals surface area contributed by atoms with E-state index in [1.54, 1.807) is 0 Å². The largest absolute Gasteiger partial charge is 0.472 e. The first-order valence-corrected chi connectivity index (χ1v) is 46.7. The van der Waals surface area contributed by atoms with Gasteiger partial charge in [0.2, 0.25) is 0 Å². The summed E-state index contributed by atoms with van der Waals surface area (Å²) in [6.45, 7) is 2.27. The van der Waals surface area contributed by atoms with Crippen molar-refractivity contribution < 1.29 is 75.8 Å². The summed E-state index contributed by atoms with van der Waals surface area (Å²) in [6, 6.07) is 0. The quantitative estimate of drug-likeness (QED) is 0.0146. The molecule has 0 aromatic carbocycles. The fourth-order valence-corrected chi connectivity index (χ4v) is 12.9. The first kappa shape index (κ1) is 107. The van der Waals surface area contributed by atoms with Gasteiger partial charge in [-0.3, -0.25) is 32.5 Å². The van der Waals surface area contributed by atoms with Gasteiger partial charge in [-0.1, -0.05) is 350 Å². The Morgan fingerprint density at radius 2 is 0.451 bits per heavy atom. The van der Waals surface area contributed by atoms with Gasteiger partial charge in [0.05, 0.1) is 26.4 Å². The van der Waals surface area contributed by atoms with Gasteiger partial charge in [0.25, 0.3) is 0 Å². The van der Waals surface area contributed by atoms with E-state index >= 15 is 0 Å². The van der Waals surface area contributed by atoms with Crippen LogP contribution in [-0.4, -0.2) is 95.9 Å². The maximum atomic E-state index is 13.0. The number of phosphoric acid groups is 2. The molecule has 5 unspecified atom stereocenters. The Morgan fingerprint density at radius 3 is 0.726 bits per heavy atom. The molecule has 0 aromatic heterocycles. The number of allylic oxidation sites excluding steroid dienone is 32. The van der Waals surface area contributed by atoms with E-state index < -0.39 is 91.5 Å². The van der Waals surface area contributed by atoms with Crippen LogP contribution in [0.2, 0.25) is 0 Å². The van der Waals surface area contributed by atoms with Crippen LogP contribution in [0.5, 0.6) is 0 Å². The Hall–Kier alpha value is -5.61. The molecule has 0 amide bonds. The number of phosphoric ester groups is 2. The van der Waals surface area contributed by atoms with Crippen LogP contribution in [-0.2, 0) is 55.8 Å². The number of hydrogen-bond acceptors (Lipinski definition) is 14. The van der Waals surface area contributed by atoms with Crippen molar-refractivity contribution >= 4 is 33.6 Å². The molecule has 642 valence electrons. The molecule has 0 saturated carbocycles. The minimum absolute atomic E-state index is 0.0177. The third-order valence-corrected chi connectivity index (χ3v) is 19.7. The first-order valence-electron chi connectivity index (χ1n) is 43.7. The van der Waals surface area contributed by atoms with Crippen LogP contribution in [0.15, 0.2) is 194 Å². The second-order valence-electron chi connectivity index (χ2n) is 28.5. The molecule has 16 nitrogen and oxygen atoms in total. The topological polar surface area (TPSA) is 231 Å². The molecule has 0 heterocycles. The fraction of sp³-hybridized carbons (Fsp3) is 0.632. The summed E-state index contributed by atoms with van der Waals surface area (Å²) in [6.07, 6.45) is 114. The van der Waals surface area contributed by atoms with Crippen LogP contribution in [0.3, 0.4) is 0 Å². The summed E-state index contributed by atoms with van der Waals surface area (Å²) in [4.78, 5) is 58.8. The lowest BCUT2D eigenvalue weighted by Crippen LogP contribution is -2.30. The highest BCUT2D eigenvalue weighted by atomic mass is 31.2. The molecule has 0 aromatic rings. The number of ether oxygens (including phenoxy) is 3. The molecule has 0 aliphatic rings. The lowest BCUT2D eigenvalue weighted by Gasteiger charge is -2.21. The van der Waals surface area contributed by atoms with E-state index in [1.807, 2.05) is 12.2 Å². The third kappa shape index (κ3) is 87.1. The SMILES string of the molecule is CC/C=C\C/C=C\C/C=C\C/C=C\C/C=C\C/C=C\CCCCCCCCCCC(=O)OCC(COP(=O)(O)OCC(O)COP(=O)(O)OCC(O)COC(=O)CCCCCCCCCCCCCCCCCCC/C=C\C/C=C\C/C=C\C/C=C\C/C=C\CC)OC(=O)CCC/C=C\C/C=C\C/C=C\C/C=C\C/C=C\CC. The molecular weight excluding hydrogens is 1460 g/mol. The van der Waals surface area contributed by atoms with E-state index in [9.17, 15) is 43.5 Å². The van der Waals surface area contributed by atoms with Crippen molar-refractivity contribution in [1.29, 1.82) is 0 Å². The minimum Gasteiger partial charge on any atom is -0.463 e. The standard InChI is InChI=1S/C95H156O16P2/c1-4-7-10-13-16-19-22-25-28-31-33-35-37-39-41-42-43-44-45-46-48-50-51-53-55-58-60-63-66-69-72-75-78-81-93(98)105-84-90(96)85-107-112(101,102)108-86-91(97)87-109-113(103,104)110-89-92(111-95(100)83-80-77-74-71-68-65-62-57-30-27-24-21-18-15-12-9-6-3)88-106-94(99)82-79-76-73-70-67-64-61-59-56-54-52-49-47-40-38-36-34-32-29-26-23-20-17-14-11-8-5-2/h7-12,16-21,25-30,33-36,39-41,47,52,54,62,65,71,74,90-92,96-97H,4-6,13-15,22-24,31-32,37-38,42-46,48-51,53,55-61,63-64,66-70,72-73,75-89H2,1-3H3,(H,101,102)(H,103,104)/b10-7-,11-8-,12-9-,19-16-,20-17-,21-18-,28-25-,29-26-,30-27-,35-33-,36-34-,41-39-,47-40-,54-52-,65-62-,74-71-. The van der Waals surface area contributed by atoms with Gasteiger partial charge >= 0.3 is 33.6 Å². The van der Waals surface area contributed by atoms with E-state index in [0.29, 0.717) is 25.7 Å². The molecule has 0 aliphatic carbocycles. The van der Waals surface area contributed by atoms with Crippen molar-refractivity contribution in [3.8, 4) is 0 Å². The Labute approximate surface area is 687 Å². The highest BCUT2D eigenvalue weighted by molar-refractivity contribution is 7.47. The summed E-state index contributed by atoms with van der Waals surface area (Å²) in [7, 11) is -9.83. The molecule has 0 saturated heterocycles. The van der Waals surface area contributed by atoms with Crippen LogP contribution >= 0.6 is 15.6 Å². The average Bonchev–Trinajstić information content (AvgIpc) is 0.897. The number of aliphatic hydroxyl groups excluding tert-OH is 2. The maximum absolute atomic E-state index is 13.0. The third-order valence-electron chi connectivity index (χ3n) is 17.8. The van der Waals surface area contributed by atoms with Gasteiger partial charge in [0.1, 0.15) is 25.4 Å². The Kier molecular flexibility index (Phi) is 81.5. The molecule has 0 spiro atoms. The predicted molar refractivity (Wildman–Crippen MR) is 472 cm³/mol. The van der Waals surface area contributed by atoms with E-state index in [2.05, 4.69) is 203 Å². The normalized spacial score (nSPS) is 14.8. The highest BCUT2D eigenvalue weighted by Gasteiger charge is 2.29. The van der Waals surface area contributed by atoms with Crippen LogP contribution in [0.1, 0.15) is 329 Å². The Morgan fingerprint density at radius 1 is 0.248 bits per heavy atom. The maximum Gasteiger partial charge on any atom is 0.472 e. The lowest BCUT2D eigenvalue weighted by molar-refractivity contribution is -0.161. The number of rotatable bonds is 81. The highest BCUT2D eigenvalue weighted by Crippen LogP contribution is 2.45. The second kappa shape index (κ2) is 85.8. The van der Waals surface area contributed by atoms with Crippen LogP contribution < -0.4 is 0 Å². The second-order valence-corrected chi connectivity index (χ2v) is 31.5. The molecule has 0 aliphatic heterocycles. The zero-order valence-corrected chi connectivity index (χ0v) is 72.3. The van der Waals surface area contributed by atoms with E-state index in [-0.39, 0.29) is 19.3 Å². The smallest absolute Gasteiger partial charge is 0.463 e. The monoisotopic (exact) mass is 1620 g/mol. The first-order chi connectivity index (χ1) is 55.2. The number of unbranched alkanes of at least 4 members (excludes halogenated alkanes) is 26. The Balaban J connectivity index is 4.56. The zero-order valence-electron chi connectivity index (χ0n) is 70.5. The van der Waals surface area contributed by atoms with Gasteiger partial charge < -0.3 is 34.2 Å². The molecule has 5 atom stereocenters. The van der Waals surface area contributed by atoms with Gasteiger partial charge in [0, 0.05) is 19.3 Å². The number of esters is 3. The number of carbonyl (C=O) groups is 3. The van der Waals surface area contributed by atoms with Crippen LogP contribution in [0.4, 0.5) is 0 Å². The molecule has 0 fully saturated rings. The summed E-state index contributed by atoms with van der Waals surface area (Å²) in [5.74, 6) is -1.66. The van der Waals surface area contributed by atoms with Crippen LogP contribution in [0, 0.1) is 0 Å². The molecule has 18 heteroatoms. The molecular formula is C95H156O16P2. The summed E-state index contributed by atoms with van der Waals surface area (Å²) >= 11 is 0. The van der Waals surface area contributed by atoms with Gasteiger partial charge in [-0.25, -0.2) is 9.13 Å². The minimum atomic E-state index is -4.96. The van der Waals surface area contributed by atoms with Crippen molar-refractivity contribution in [3.05, 3.63) is 194 Å². The lowest BCUT2D eigenvalue weighted by atomic mass is 10.0. The van der Waals surface area contributed by atoms with Gasteiger partial charge in [0.15, 0.2) is 6.10 Å². The number of hydrogen-bond donors (Lipinski definition) is 4. The summed E-state index contributed by atoms with van der Waals surface area (Å²) in [5, 5.41) is 20.7. The fourth-order valence-electron chi connectivity index (χ4n) is 11.3. The molecule has 0 radical (unpaired) electrons. The van der Waals surface area contributed by atoms with E-state index in [4.69, 9.17) is 32.3 Å². The van der Waals surface area contributed by atoms with Crippen molar-refractivity contribution in [2.75, 3.05) is 39.6 Å². The van der Waals surface area contributed by atoms with E-state index in [1.165, 1.54) is 96.3 Å². The summed E-state index contributed by atoms with van der Waals surface area (Å²) < 4.78 is 61.3. The number of aliphatic hydroxyl groups is 2.